The van der Waals surface area contributed by atoms with Gasteiger partial charge in [0.25, 0.3) is 0 Å². The van der Waals surface area contributed by atoms with Gasteiger partial charge in [0.2, 0.25) is 0 Å². The van der Waals surface area contributed by atoms with Crippen LogP contribution in [0.15, 0.2) is 36.8 Å². The Bertz CT molecular complexity index is 767. The molecule has 3 aromatic rings. The molecular weight excluding hydrogens is 309 g/mol. The van der Waals surface area contributed by atoms with Gasteiger partial charge in [0.1, 0.15) is 5.69 Å². The van der Waals surface area contributed by atoms with E-state index in [4.69, 9.17) is 23.2 Å². The van der Waals surface area contributed by atoms with E-state index in [2.05, 4.69) is 20.3 Å². The van der Waals surface area contributed by atoms with Crippen molar-refractivity contribution in [3.05, 3.63) is 58.2 Å². The van der Waals surface area contributed by atoms with Crippen LogP contribution in [0.4, 0.5) is 0 Å². The Morgan fingerprint density at radius 2 is 2.00 bits per heavy atom. The second kappa shape index (κ2) is 5.79. The van der Waals surface area contributed by atoms with Crippen LogP contribution in [-0.2, 0) is 6.54 Å². The highest BCUT2D eigenvalue weighted by Gasteiger charge is 2.10. The van der Waals surface area contributed by atoms with E-state index < -0.39 is 0 Å². The minimum atomic E-state index is 0.473. The van der Waals surface area contributed by atoms with E-state index in [0.29, 0.717) is 22.3 Å². The summed E-state index contributed by atoms with van der Waals surface area (Å²) in [6, 6.07) is 5.42. The van der Waals surface area contributed by atoms with Crippen molar-refractivity contribution in [2.75, 3.05) is 0 Å². The maximum absolute atomic E-state index is 6.18. The highest BCUT2D eigenvalue weighted by atomic mass is 35.5. The third kappa shape index (κ3) is 3.04. The topological polar surface area (TPSA) is 56.5 Å². The van der Waals surface area contributed by atoms with Crippen LogP contribution < -0.4 is 0 Å². The molecule has 21 heavy (non-hydrogen) atoms. The lowest BCUT2D eigenvalue weighted by molar-refractivity contribution is 0.636. The van der Waals surface area contributed by atoms with Gasteiger partial charge in [-0.1, -0.05) is 40.5 Å². The van der Waals surface area contributed by atoms with E-state index in [1.165, 1.54) is 0 Å². The number of aryl methyl sites for hydroxylation is 1. The van der Waals surface area contributed by atoms with E-state index in [1.807, 2.05) is 19.1 Å². The van der Waals surface area contributed by atoms with Crippen LogP contribution in [0.1, 0.15) is 11.4 Å². The summed E-state index contributed by atoms with van der Waals surface area (Å²) in [7, 11) is 0. The van der Waals surface area contributed by atoms with Crippen LogP contribution in [0.5, 0.6) is 0 Å². The van der Waals surface area contributed by atoms with Crippen molar-refractivity contribution >= 4 is 23.2 Å². The van der Waals surface area contributed by atoms with Gasteiger partial charge in [0.15, 0.2) is 0 Å². The van der Waals surface area contributed by atoms with E-state index in [9.17, 15) is 0 Å². The van der Waals surface area contributed by atoms with E-state index in [0.717, 1.165) is 17.0 Å². The minimum Gasteiger partial charge on any atom is -0.258 e. The maximum Gasteiger partial charge on any atom is 0.114 e. The Labute approximate surface area is 131 Å². The zero-order valence-electron chi connectivity index (χ0n) is 11.2. The molecule has 0 atom stereocenters. The van der Waals surface area contributed by atoms with Gasteiger partial charge >= 0.3 is 0 Å². The molecule has 3 rings (SSSR count). The molecule has 5 nitrogen and oxygen atoms in total. The number of nitrogens with zero attached hydrogens (tertiary/aromatic N) is 5. The van der Waals surface area contributed by atoms with Crippen molar-refractivity contribution in [2.45, 2.75) is 13.5 Å². The highest BCUT2D eigenvalue weighted by Crippen LogP contribution is 2.32. The summed E-state index contributed by atoms with van der Waals surface area (Å²) < 4.78 is 1.69. The first kappa shape index (κ1) is 14.0. The quantitative estimate of drug-likeness (QED) is 0.742. The van der Waals surface area contributed by atoms with Crippen molar-refractivity contribution in [1.29, 1.82) is 0 Å². The molecule has 0 aliphatic carbocycles. The molecule has 0 saturated heterocycles. The molecule has 0 aliphatic heterocycles. The summed E-state index contributed by atoms with van der Waals surface area (Å²) in [6.07, 6.45) is 5.25. The lowest BCUT2D eigenvalue weighted by atomic mass is 10.2. The Morgan fingerprint density at radius 3 is 2.76 bits per heavy atom. The van der Waals surface area contributed by atoms with Crippen LogP contribution >= 0.6 is 23.2 Å². The Kier molecular flexibility index (Phi) is 3.86. The van der Waals surface area contributed by atoms with Crippen molar-refractivity contribution in [1.82, 2.24) is 25.0 Å². The number of rotatable bonds is 3. The molecule has 0 amide bonds. The molecule has 106 valence electrons. The molecule has 0 bridgehead atoms. The van der Waals surface area contributed by atoms with Gasteiger partial charge in [-0.05, 0) is 13.0 Å². The highest BCUT2D eigenvalue weighted by molar-refractivity contribution is 6.43. The standard InChI is InChI=1S/C14H11Cl2N5/c1-9-5-18-10(6-17-9)7-21-8-13(19-20-21)11-3-2-4-12(15)14(11)16/h2-6,8H,7H2,1H3. The van der Waals surface area contributed by atoms with Gasteiger partial charge in [-0.2, -0.15) is 0 Å². The summed E-state index contributed by atoms with van der Waals surface area (Å²) in [5.41, 5.74) is 3.12. The first-order valence-corrected chi connectivity index (χ1v) is 7.01. The van der Waals surface area contributed by atoms with Crippen LogP contribution in [0.2, 0.25) is 10.0 Å². The van der Waals surface area contributed by atoms with E-state index in [1.54, 1.807) is 29.3 Å². The Hall–Kier alpha value is -1.98. The fourth-order valence-corrected chi connectivity index (χ4v) is 2.27. The fourth-order valence-electron chi connectivity index (χ4n) is 1.87. The van der Waals surface area contributed by atoms with Gasteiger partial charge in [0.05, 0.1) is 40.4 Å². The third-order valence-electron chi connectivity index (χ3n) is 2.92. The van der Waals surface area contributed by atoms with Crippen molar-refractivity contribution < 1.29 is 0 Å². The second-order valence-electron chi connectivity index (χ2n) is 4.55. The number of hydrogen-bond acceptors (Lipinski definition) is 4. The number of aromatic nitrogens is 5. The van der Waals surface area contributed by atoms with E-state index >= 15 is 0 Å². The molecule has 0 spiro atoms. The molecule has 0 radical (unpaired) electrons. The summed E-state index contributed by atoms with van der Waals surface area (Å²) >= 11 is 12.2. The molecule has 2 heterocycles. The fraction of sp³-hybridized carbons (Fsp3) is 0.143. The molecule has 2 aromatic heterocycles. The average molecular weight is 320 g/mol. The van der Waals surface area contributed by atoms with Gasteiger partial charge in [-0.3, -0.25) is 9.97 Å². The summed E-state index contributed by atoms with van der Waals surface area (Å²) in [6.45, 7) is 2.39. The molecular formula is C14H11Cl2N5. The van der Waals surface area contributed by atoms with Gasteiger partial charge in [0, 0.05) is 11.8 Å². The van der Waals surface area contributed by atoms with Gasteiger partial charge in [-0.15, -0.1) is 5.10 Å². The molecule has 1 aromatic carbocycles. The molecule has 0 unspecified atom stereocenters. The number of benzene rings is 1. The Balaban J connectivity index is 1.86. The van der Waals surface area contributed by atoms with E-state index in [-0.39, 0.29) is 0 Å². The lowest BCUT2D eigenvalue weighted by Crippen LogP contribution is -2.03. The summed E-state index contributed by atoms with van der Waals surface area (Å²) in [4.78, 5) is 8.49. The first-order chi connectivity index (χ1) is 10.1. The predicted molar refractivity (Wildman–Crippen MR) is 81.3 cm³/mol. The molecule has 0 saturated carbocycles. The van der Waals surface area contributed by atoms with Gasteiger partial charge < -0.3 is 0 Å². The van der Waals surface area contributed by atoms with Crippen LogP contribution in [-0.4, -0.2) is 25.0 Å². The van der Waals surface area contributed by atoms with Crippen molar-refractivity contribution in [3.63, 3.8) is 0 Å². The van der Waals surface area contributed by atoms with Crippen LogP contribution in [0, 0.1) is 6.92 Å². The zero-order valence-corrected chi connectivity index (χ0v) is 12.7. The predicted octanol–water partition coefficient (Wildman–Crippen LogP) is 3.40. The van der Waals surface area contributed by atoms with Crippen molar-refractivity contribution in [2.24, 2.45) is 0 Å². The third-order valence-corrected chi connectivity index (χ3v) is 3.74. The summed E-state index contributed by atoms with van der Waals surface area (Å²) in [5, 5.41) is 9.17. The normalized spacial score (nSPS) is 10.8. The number of hydrogen-bond donors (Lipinski definition) is 0. The molecule has 0 aliphatic rings. The van der Waals surface area contributed by atoms with Gasteiger partial charge in [-0.25, -0.2) is 4.68 Å². The van der Waals surface area contributed by atoms with Crippen LogP contribution in [0.3, 0.4) is 0 Å². The molecule has 0 N–H and O–H groups in total. The smallest absolute Gasteiger partial charge is 0.114 e. The average Bonchev–Trinajstić information content (AvgIpc) is 2.93. The monoisotopic (exact) mass is 319 g/mol. The Morgan fingerprint density at radius 1 is 1.14 bits per heavy atom. The number of halogens is 2. The van der Waals surface area contributed by atoms with Crippen LogP contribution in [0.25, 0.3) is 11.3 Å². The molecule has 7 heteroatoms. The van der Waals surface area contributed by atoms with Crippen molar-refractivity contribution in [3.8, 4) is 11.3 Å². The first-order valence-electron chi connectivity index (χ1n) is 6.25. The maximum atomic E-state index is 6.18. The molecule has 0 fully saturated rings. The SMILES string of the molecule is Cc1cnc(Cn2cc(-c3cccc(Cl)c3Cl)nn2)cn1. The summed E-state index contributed by atoms with van der Waals surface area (Å²) in [5.74, 6) is 0. The minimum absolute atomic E-state index is 0.473. The second-order valence-corrected chi connectivity index (χ2v) is 5.34. The zero-order chi connectivity index (χ0) is 14.8. The lowest BCUT2D eigenvalue weighted by Gasteiger charge is -2.01. The largest absolute Gasteiger partial charge is 0.258 e.